The van der Waals surface area contributed by atoms with Crippen LogP contribution in [0.15, 0.2) is 22.7 Å². The number of nitrogens with zero attached hydrogens (tertiary/aromatic N) is 2. The SMILES string of the molecule is N#CCC(=O)Nc1cc(Br)ccc1[N+](=O)[O-]. The number of rotatable bonds is 3. The molecule has 0 radical (unpaired) electrons. The number of hydrogen-bond acceptors (Lipinski definition) is 4. The summed E-state index contributed by atoms with van der Waals surface area (Å²) >= 11 is 3.14. The lowest BCUT2D eigenvalue weighted by molar-refractivity contribution is -0.383. The van der Waals surface area contributed by atoms with Crippen molar-refractivity contribution in [1.82, 2.24) is 0 Å². The predicted molar refractivity (Wildman–Crippen MR) is 59.7 cm³/mol. The van der Waals surface area contributed by atoms with Crippen LogP contribution in [-0.2, 0) is 4.79 Å². The third-order valence-corrected chi connectivity index (χ3v) is 2.16. The lowest BCUT2D eigenvalue weighted by Crippen LogP contribution is -2.11. The van der Waals surface area contributed by atoms with E-state index in [2.05, 4.69) is 21.2 Å². The van der Waals surface area contributed by atoms with Crippen molar-refractivity contribution in [2.45, 2.75) is 6.42 Å². The summed E-state index contributed by atoms with van der Waals surface area (Å²) in [5.74, 6) is -0.580. The molecule has 0 aromatic heterocycles. The number of nitro benzene ring substituents is 1. The van der Waals surface area contributed by atoms with Crippen LogP contribution in [0, 0.1) is 21.4 Å². The molecule has 0 aliphatic heterocycles. The molecule has 1 aromatic carbocycles. The number of hydrogen-bond donors (Lipinski definition) is 1. The number of benzene rings is 1. The number of carbonyl (C=O) groups excluding carboxylic acids is 1. The van der Waals surface area contributed by atoms with E-state index in [0.29, 0.717) is 4.47 Å². The Morgan fingerprint density at radius 2 is 2.31 bits per heavy atom. The van der Waals surface area contributed by atoms with Gasteiger partial charge in [0, 0.05) is 10.5 Å². The number of halogens is 1. The number of nitro groups is 1. The van der Waals surface area contributed by atoms with Crippen LogP contribution in [0.25, 0.3) is 0 Å². The first-order chi connectivity index (χ1) is 7.54. The van der Waals surface area contributed by atoms with E-state index >= 15 is 0 Å². The Morgan fingerprint density at radius 1 is 1.62 bits per heavy atom. The highest BCUT2D eigenvalue weighted by molar-refractivity contribution is 9.10. The van der Waals surface area contributed by atoms with Crippen LogP contribution in [-0.4, -0.2) is 10.8 Å². The van der Waals surface area contributed by atoms with Gasteiger partial charge in [0.2, 0.25) is 5.91 Å². The van der Waals surface area contributed by atoms with E-state index in [4.69, 9.17) is 5.26 Å². The van der Waals surface area contributed by atoms with E-state index in [1.54, 1.807) is 6.07 Å². The van der Waals surface area contributed by atoms with E-state index in [-0.39, 0.29) is 17.8 Å². The monoisotopic (exact) mass is 283 g/mol. The Balaban J connectivity index is 3.02. The van der Waals surface area contributed by atoms with Crippen LogP contribution in [0.5, 0.6) is 0 Å². The van der Waals surface area contributed by atoms with Crippen LogP contribution < -0.4 is 5.32 Å². The highest BCUT2D eigenvalue weighted by atomic mass is 79.9. The zero-order chi connectivity index (χ0) is 12.1. The quantitative estimate of drug-likeness (QED) is 0.679. The summed E-state index contributed by atoms with van der Waals surface area (Å²) in [5, 5.41) is 21.2. The fourth-order valence-electron chi connectivity index (χ4n) is 1.03. The van der Waals surface area contributed by atoms with Crippen molar-refractivity contribution in [1.29, 1.82) is 5.26 Å². The van der Waals surface area contributed by atoms with E-state index in [1.807, 2.05) is 0 Å². The minimum absolute atomic E-state index is 0.0691. The molecule has 0 saturated carbocycles. The molecule has 0 aliphatic carbocycles. The second-order valence-corrected chi connectivity index (χ2v) is 3.72. The molecule has 1 N–H and O–H groups in total. The summed E-state index contributed by atoms with van der Waals surface area (Å²) in [7, 11) is 0. The molecule has 0 atom stereocenters. The van der Waals surface area contributed by atoms with Gasteiger partial charge in [0.1, 0.15) is 12.1 Å². The van der Waals surface area contributed by atoms with Gasteiger partial charge in [0.05, 0.1) is 11.0 Å². The largest absolute Gasteiger partial charge is 0.319 e. The van der Waals surface area contributed by atoms with Gasteiger partial charge in [-0.05, 0) is 12.1 Å². The first-order valence-electron chi connectivity index (χ1n) is 4.15. The molecule has 0 fully saturated rings. The van der Waals surface area contributed by atoms with E-state index < -0.39 is 10.8 Å². The smallest absolute Gasteiger partial charge is 0.292 e. The summed E-state index contributed by atoms with van der Waals surface area (Å²) in [6.07, 6.45) is -0.344. The number of anilines is 1. The zero-order valence-corrected chi connectivity index (χ0v) is 9.52. The number of carbonyl (C=O) groups is 1. The van der Waals surface area contributed by atoms with Crippen molar-refractivity contribution in [3.05, 3.63) is 32.8 Å². The van der Waals surface area contributed by atoms with Crippen LogP contribution >= 0.6 is 15.9 Å². The first kappa shape index (κ1) is 12.1. The molecule has 0 aliphatic rings. The van der Waals surface area contributed by atoms with Crippen molar-refractivity contribution in [3.63, 3.8) is 0 Å². The van der Waals surface area contributed by atoms with Gasteiger partial charge in [-0.3, -0.25) is 14.9 Å². The molecule has 6 nitrogen and oxygen atoms in total. The normalized spacial score (nSPS) is 9.25. The maximum Gasteiger partial charge on any atom is 0.292 e. The van der Waals surface area contributed by atoms with Crippen LogP contribution in [0.2, 0.25) is 0 Å². The number of nitrogens with one attached hydrogen (secondary N) is 1. The van der Waals surface area contributed by atoms with Crippen molar-refractivity contribution >= 4 is 33.2 Å². The highest BCUT2D eigenvalue weighted by Gasteiger charge is 2.15. The van der Waals surface area contributed by atoms with Crippen molar-refractivity contribution in [2.24, 2.45) is 0 Å². The second-order valence-electron chi connectivity index (χ2n) is 2.80. The Kier molecular flexibility index (Phi) is 3.96. The standard InChI is InChI=1S/C9H6BrN3O3/c10-6-1-2-8(13(15)16)7(5-6)12-9(14)3-4-11/h1-2,5H,3H2,(H,12,14). The molecular formula is C9H6BrN3O3. The van der Waals surface area contributed by atoms with Crippen LogP contribution in [0.1, 0.15) is 6.42 Å². The molecule has 82 valence electrons. The van der Waals surface area contributed by atoms with Crippen LogP contribution in [0.3, 0.4) is 0 Å². The summed E-state index contributed by atoms with van der Waals surface area (Å²) in [5.41, 5.74) is -0.144. The van der Waals surface area contributed by atoms with Crippen LogP contribution in [0.4, 0.5) is 11.4 Å². The van der Waals surface area contributed by atoms with Gasteiger partial charge in [0.25, 0.3) is 5.69 Å². The molecule has 0 saturated heterocycles. The van der Waals surface area contributed by atoms with Gasteiger partial charge in [-0.1, -0.05) is 15.9 Å². The molecule has 7 heteroatoms. The maximum absolute atomic E-state index is 11.1. The minimum atomic E-state index is -0.603. The summed E-state index contributed by atoms with van der Waals surface area (Å²) < 4.78 is 0.602. The summed E-state index contributed by atoms with van der Waals surface area (Å²) in [4.78, 5) is 21.2. The van der Waals surface area contributed by atoms with Gasteiger partial charge >= 0.3 is 0 Å². The number of amides is 1. The van der Waals surface area contributed by atoms with Gasteiger partial charge in [-0.15, -0.1) is 0 Å². The molecule has 1 aromatic rings. The topological polar surface area (TPSA) is 96.0 Å². The van der Waals surface area contributed by atoms with Gasteiger partial charge < -0.3 is 5.32 Å². The Morgan fingerprint density at radius 3 is 2.88 bits per heavy atom. The second kappa shape index (κ2) is 5.23. The van der Waals surface area contributed by atoms with Gasteiger partial charge in [-0.25, -0.2) is 0 Å². The van der Waals surface area contributed by atoms with E-state index in [9.17, 15) is 14.9 Å². The summed E-state index contributed by atoms with van der Waals surface area (Å²) in [6.45, 7) is 0. The molecule has 1 rings (SSSR count). The fourth-order valence-corrected chi connectivity index (χ4v) is 1.39. The Labute approximate surface area is 99.2 Å². The molecule has 16 heavy (non-hydrogen) atoms. The third-order valence-electron chi connectivity index (χ3n) is 1.67. The minimum Gasteiger partial charge on any atom is -0.319 e. The predicted octanol–water partition coefficient (Wildman–Crippen LogP) is 2.21. The maximum atomic E-state index is 11.1. The lowest BCUT2D eigenvalue weighted by atomic mass is 10.2. The van der Waals surface area contributed by atoms with E-state index in [0.717, 1.165) is 0 Å². The van der Waals surface area contributed by atoms with Crippen molar-refractivity contribution < 1.29 is 9.72 Å². The molecule has 0 heterocycles. The van der Waals surface area contributed by atoms with E-state index in [1.165, 1.54) is 18.2 Å². The first-order valence-corrected chi connectivity index (χ1v) is 4.94. The third kappa shape index (κ3) is 3.03. The van der Waals surface area contributed by atoms with Gasteiger partial charge in [-0.2, -0.15) is 5.26 Å². The molecular weight excluding hydrogens is 278 g/mol. The molecule has 0 bridgehead atoms. The molecule has 0 spiro atoms. The Bertz CT molecular complexity index is 481. The average Bonchev–Trinajstić information content (AvgIpc) is 2.17. The summed E-state index contributed by atoms with van der Waals surface area (Å²) in [6, 6.07) is 5.84. The van der Waals surface area contributed by atoms with Crippen molar-refractivity contribution in [2.75, 3.05) is 5.32 Å². The highest BCUT2D eigenvalue weighted by Crippen LogP contribution is 2.27. The Hall–Kier alpha value is -1.94. The number of nitriles is 1. The molecule has 1 amide bonds. The average molecular weight is 284 g/mol. The zero-order valence-electron chi connectivity index (χ0n) is 7.94. The fraction of sp³-hybridized carbons (Fsp3) is 0.111. The lowest BCUT2D eigenvalue weighted by Gasteiger charge is -2.04. The van der Waals surface area contributed by atoms with Crippen molar-refractivity contribution in [3.8, 4) is 6.07 Å². The molecule has 0 unspecified atom stereocenters. The van der Waals surface area contributed by atoms with Gasteiger partial charge in [0.15, 0.2) is 0 Å².